The van der Waals surface area contributed by atoms with Crippen molar-refractivity contribution in [2.45, 2.75) is 19.8 Å². The SMILES string of the molecule is COCCCN(CCC(=O)N1CCN(c2cccc(Cl)c2)CC1)C(C)=O. The number of piperazine rings is 1. The second-order valence-electron chi connectivity index (χ2n) is 6.45. The molecule has 144 valence electrons. The summed E-state index contributed by atoms with van der Waals surface area (Å²) in [5, 5.41) is 0.721. The first-order valence-electron chi connectivity index (χ1n) is 9.04. The molecule has 1 aliphatic heterocycles. The summed E-state index contributed by atoms with van der Waals surface area (Å²) in [7, 11) is 1.64. The van der Waals surface area contributed by atoms with Crippen LogP contribution in [0.3, 0.4) is 0 Å². The second kappa shape index (κ2) is 10.4. The topological polar surface area (TPSA) is 53.1 Å². The standard InChI is InChI=1S/C19H28ClN3O3/c1-16(24)21(8-4-14-26-2)9-7-19(25)23-12-10-22(11-13-23)18-6-3-5-17(20)15-18/h3,5-6,15H,4,7-14H2,1-2H3. The third-order valence-electron chi connectivity index (χ3n) is 4.62. The van der Waals surface area contributed by atoms with Gasteiger partial charge in [-0.3, -0.25) is 9.59 Å². The molecule has 1 heterocycles. The average Bonchev–Trinajstić information content (AvgIpc) is 2.64. The molecular weight excluding hydrogens is 354 g/mol. The van der Waals surface area contributed by atoms with Crippen LogP contribution in [0.2, 0.25) is 5.02 Å². The number of methoxy groups -OCH3 is 1. The number of hydrogen-bond acceptors (Lipinski definition) is 4. The predicted molar refractivity (Wildman–Crippen MR) is 104 cm³/mol. The summed E-state index contributed by atoms with van der Waals surface area (Å²) < 4.78 is 5.02. The van der Waals surface area contributed by atoms with E-state index in [0.717, 1.165) is 30.2 Å². The molecule has 2 rings (SSSR count). The number of rotatable bonds is 8. The van der Waals surface area contributed by atoms with Gasteiger partial charge in [0, 0.05) is 77.0 Å². The summed E-state index contributed by atoms with van der Waals surface area (Å²) in [4.78, 5) is 30.0. The van der Waals surface area contributed by atoms with Crippen molar-refractivity contribution in [3.05, 3.63) is 29.3 Å². The van der Waals surface area contributed by atoms with E-state index in [4.69, 9.17) is 16.3 Å². The highest BCUT2D eigenvalue weighted by Gasteiger charge is 2.22. The van der Waals surface area contributed by atoms with E-state index in [1.165, 1.54) is 0 Å². The Bertz CT molecular complexity index is 603. The minimum Gasteiger partial charge on any atom is -0.385 e. The summed E-state index contributed by atoms with van der Waals surface area (Å²) in [6, 6.07) is 7.78. The lowest BCUT2D eigenvalue weighted by Crippen LogP contribution is -2.49. The van der Waals surface area contributed by atoms with E-state index in [1.807, 2.05) is 29.2 Å². The Morgan fingerprint density at radius 2 is 1.92 bits per heavy atom. The summed E-state index contributed by atoms with van der Waals surface area (Å²) in [6.45, 7) is 6.20. The number of halogens is 1. The van der Waals surface area contributed by atoms with Gasteiger partial charge in [-0.2, -0.15) is 0 Å². The van der Waals surface area contributed by atoms with Gasteiger partial charge < -0.3 is 19.4 Å². The van der Waals surface area contributed by atoms with Gasteiger partial charge in [0.25, 0.3) is 0 Å². The maximum atomic E-state index is 12.5. The quantitative estimate of drug-likeness (QED) is 0.648. The molecule has 7 heteroatoms. The minimum absolute atomic E-state index is 0.000298. The monoisotopic (exact) mass is 381 g/mol. The molecule has 0 saturated carbocycles. The average molecular weight is 382 g/mol. The number of carbonyl (C=O) groups is 2. The lowest BCUT2D eigenvalue weighted by molar-refractivity contribution is -0.133. The minimum atomic E-state index is -0.000298. The van der Waals surface area contributed by atoms with Crippen LogP contribution in [0.25, 0.3) is 0 Å². The molecule has 1 saturated heterocycles. The Balaban J connectivity index is 1.77. The van der Waals surface area contributed by atoms with Crippen LogP contribution in [0.5, 0.6) is 0 Å². The zero-order valence-corrected chi connectivity index (χ0v) is 16.4. The van der Waals surface area contributed by atoms with Gasteiger partial charge in [-0.05, 0) is 24.6 Å². The van der Waals surface area contributed by atoms with Gasteiger partial charge >= 0.3 is 0 Å². The summed E-state index contributed by atoms with van der Waals surface area (Å²) >= 11 is 6.05. The van der Waals surface area contributed by atoms with Crippen LogP contribution < -0.4 is 4.90 Å². The number of hydrogen-bond donors (Lipinski definition) is 0. The molecule has 26 heavy (non-hydrogen) atoms. The molecule has 0 N–H and O–H groups in total. The van der Waals surface area contributed by atoms with Crippen molar-refractivity contribution in [1.29, 1.82) is 0 Å². The fraction of sp³-hybridized carbons (Fsp3) is 0.579. The first-order valence-corrected chi connectivity index (χ1v) is 9.42. The molecule has 1 aliphatic rings. The zero-order valence-electron chi connectivity index (χ0n) is 15.6. The molecule has 1 fully saturated rings. The highest BCUT2D eigenvalue weighted by molar-refractivity contribution is 6.30. The highest BCUT2D eigenvalue weighted by Crippen LogP contribution is 2.20. The molecule has 0 bridgehead atoms. The molecule has 0 aliphatic carbocycles. The van der Waals surface area contributed by atoms with Gasteiger partial charge in [0.2, 0.25) is 11.8 Å². The number of amides is 2. The smallest absolute Gasteiger partial charge is 0.224 e. The van der Waals surface area contributed by atoms with E-state index in [1.54, 1.807) is 18.9 Å². The van der Waals surface area contributed by atoms with Crippen LogP contribution in [-0.2, 0) is 14.3 Å². The summed E-state index contributed by atoms with van der Waals surface area (Å²) in [6.07, 6.45) is 1.15. The van der Waals surface area contributed by atoms with Crippen molar-refractivity contribution in [2.75, 3.05) is 57.9 Å². The fourth-order valence-corrected chi connectivity index (χ4v) is 3.29. The normalized spacial score (nSPS) is 14.4. The van der Waals surface area contributed by atoms with E-state index in [9.17, 15) is 9.59 Å². The largest absolute Gasteiger partial charge is 0.385 e. The second-order valence-corrected chi connectivity index (χ2v) is 6.89. The van der Waals surface area contributed by atoms with Crippen molar-refractivity contribution in [3.8, 4) is 0 Å². The first-order chi connectivity index (χ1) is 12.5. The van der Waals surface area contributed by atoms with Crippen molar-refractivity contribution in [2.24, 2.45) is 0 Å². The molecule has 0 radical (unpaired) electrons. The van der Waals surface area contributed by atoms with Gasteiger partial charge in [0.15, 0.2) is 0 Å². The zero-order chi connectivity index (χ0) is 18.9. The summed E-state index contributed by atoms with van der Waals surface area (Å²) in [5.74, 6) is 0.105. The summed E-state index contributed by atoms with van der Waals surface area (Å²) in [5.41, 5.74) is 1.09. The van der Waals surface area contributed by atoms with Crippen LogP contribution in [0.4, 0.5) is 5.69 Å². The maximum absolute atomic E-state index is 12.5. The van der Waals surface area contributed by atoms with E-state index in [-0.39, 0.29) is 11.8 Å². The molecule has 1 aromatic rings. The molecule has 0 atom stereocenters. The number of anilines is 1. The van der Waals surface area contributed by atoms with Crippen LogP contribution >= 0.6 is 11.6 Å². The molecule has 0 aromatic heterocycles. The number of nitrogens with zero attached hydrogens (tertiary/aromatic N) is 3. The lowest BCUT2D eigenvalue weighted by atomic mass is 10.2. The molecule has 6 nitrogen and oxygen atoms in total. The van der Waals surface area contributed by atoms with E-state index in [2.05, 4.69) is 4.90 Å². The van der Waals surface area contributed by atoms with Gasteiger partial charge in [0.1, 0.15) is 0 Å². The number of ether oxygens (including phenoxy) is 1. The Morgan fingerprint density at radius 1 is 1.19 bits per heavy atom. The van der Waals surface area contributed by atoms with Crippen molar-refractivity contribution in [3.63, 3.8) is 0 Å². The third-order valence-corrected chi connectivity index (χ3v) is 4.86. The van der Waals surface area contributed by atoms with Crippen molar-refractivity contribution in [1.82, 2.24) is 9.80 Å². The van der Waals surface area contributed by atoms with Gasteiger partial charge in [-0.15, -0.1) is 0 Å². The molecular formula is C19H28ClN3O3. The van der Waals surface area contributed by atoms with E-state index < -0.39 is 0 Å². The molecule has 1 aromatic carbocycles. The van der Waals surface area contributed by atoms with Crippen LogP contribution in [0.15, 0.2) is 24.3 Å². The predicted octanol–water partition coefficient (Wildman–Crippen LogP) is 2.26. The van der Waals surface area contributed by atoms with E-state index >= 15 is 0 Å². The number of benzene rings is 1. The Labute approximate surface area is 160 Å². The number of carbonyl (C=O) groups excluding carboxylic acids is 2. The highest BCUT2D eigenvalue weighted by atomic mass is 35.5. The van der Waals surface area contributed by atoms with Gasteiger partial charge in [0.05, 0.1) is 0 Å². The first kappa shape index (κ1) is 20.5. The lowest BCUT2D eigenvalue weighted by Gasteiger charge is -2.36. The van der Waals surface area contributed by atoms with Crippen molar-refractivity contribution < 1.29 is 14.3 Å². The van der Waals surface area contributed by atoms with Gasteiger partial charge in [-0.1, -0.05) is 17.7 Å². The van der Waals surface area contributed by atoms with Crippen LogP contribution in [-0.4, -0.2) is 74.6 Å². The Hall–Kier alpha value is -1.79. The Morgan fingerprint density at radius 3 is 2.54 bits per heavy atom. The fourth-order valence-electron chi connectivity index (χ4n) is 3.10. The maximum Gasteiger partial charge on any atom is 0.224 e. The van der Waals surface area contributed by atoms with Crippen molar-refractivity contribution >= 4 is 29.1 Å². The molecule has 0 unspecified atom stereocenters. The van der Waals surface area contributed by atoms with E-state index in [0.29, 0.717) is 39.2 Å². The van der Waals surface area contributed by atoms with Crippen LogP contribution in [0, 0.1) is 0 Å². The van der Waals surface area contributed by atoms with Gasteiger partial charge in [-0.25, -0.2) is 0 Å². The molecule has 2 amide bonds. The third kappa shape index (κ3) is 6.18. The molecule has 0 spiro atoms. The Kier molecular flexibility index (Phi) is 8.19. The van der Waals surface area contributed by atoms with Crippen LogP contribution in [0.1, 0.15) is 19.8 Å².